The first-order valence-corrected chi connectivity index (χ1v) is 8.71. The molecule has 3 rings (SSSR count). The minimum atomic E-state index is 0.0509. The lowest BCUT2D eigenvalue weighted by Gasteiger charge is -2.26. The molecule has 0 bridgehead atoms. The third-order valence-electron chi connectivity index (χ3n) is 4.79. The van der Waals surface area contributed by atoms with Crippen molar-refractivity contribution in [3.05, 3.63) is 53.3 Å². The molecule has 2 heterocycles. The Bertz CT molecular complexity index is 792. The van der Waals surface area contributed by atoms with E-state index in [4.69, 9.17) is 5.26 Å². The highest BCUT2D eigenvalue weighted by Gasteiger charge is 2.30. The van der Waals surface area contributed by atoms with Crippen LogP contribution in [0.1, 0.15) is 56.3 Å². The van der Waals surface area contributed by atoms with E-state index in [1.807, 2.05) is 11.0 Å². The van der Waals surface area contributed by atoms with Gasteiger partial charge in [-0.3, -0.25) is 9.48 Å². The highest BCUT2D eigenvalue weighted by molar-refractivity contribution is 5.76. The molecular weight excluding hydrogens is 312 g/mol. The molecular formula is C20H24N4O. The Morgan fingerprint density at radius 2 is 2.04 bits per heavy atom. The van der Waals surface area contributed by atoms with Crippen molar-refractivity contribution < 1.29 is 4.79 Å². The standard InChI is InChI=1S/C20H24N4O/c1-20(2,3)17-8-6-16(7-9-17)18-5-4-10-24(18)19(25)14-23-13-15(11-21)12-22-23/h6-9,12-13,18H,4-5,10,14H2,1-3H3. The summed E-state index contributed by atoms with van der Waals surface area (Å²) in [6.45, 7) is 7.56. The Morgan fingerprint density at radius 3 is 2.64 bits per heavy atom. The molecule has 5 nitrogen and oxygen atoms in total. The molecule has 0 radical (unpaired) electrons. The summed E-state index contributed by atoms with van der Waals surface area (Å²) in [4.78, 5) is 14.6. The van der Waals surface area contributed by atoms with Crippen LogP contribution in [0.5, 0.6) is 0 Å². The van der Waals surface area contributed by atoms with Crippen molar-refractivity contribution in [3.8, 4) is 6.07 Å². The summed E-state index contributed by atoms with van der Waals surface area (Å²) >= 11 is 0. The van der Waals surface area contributed by atoms with Crippen LogP contribution in [0.25, 0.3) is 0 Å². The molecule has 0 aliphatic carbocycles. The quantitative estimate of drug-likeness (QED) is 0.863. The molecule has 1 aromatic heterocycles. The summed E-state index contributed by atoms with van der Waals surface area (Å²) in [5.41, 5.74) is 3.09. The van der Waals surface area contributed by atoms with Gasteiger partial charge in [0.1, 0.15) is 12.6 Å². The number of likely N-dealkylation sites (tertiary alicyclic amines) is 1. The second-order valence-electron chi connectivity index (χ2n) is 7.66. The van der Waals surface area contributed by atoms with Crippen LogP contribution in [0.4, 0.5) is 0 Å². The second kappa shape index (κ2) is 6.72. The van der Waals surface area contributed by atoms with Gasteiger partial charge < -0.3 is 4.90 Å². The lowest BCUT2D eigenvalue weighted by atomic mass is 9.86. The summed E-state index contributed by atoms with van der Waals surface area (Å²) in [5.74, 6) is 0.0509. The van der Waals surface area contributed by atoms with Crippen molar-refractivity contribution in [1.82, 2.24) is 14.7 Å². The monoisotopic (exact) mass is 336 g/mol. The maximum Gasteiger partial charge on any atom is 0.244 e. The molecule has 1 aliphatic heterocycles. The van der Waals surface area contributed by atoms with Crippen molar-refractivity contribution in [3.63, 3.8) is 0 Å². The predicted octanol–water partition coefficient (Wildman–Crippen LogP) is 3.42. The van der Waals surface area contributed by atoms with Gasteiger partial charge in [-0.05, 0) is 29.4 Å². The fourth-order valence-electron chi connectivity index (χ4n) is 3.35. The number of hydrogen-bond donors (Lipinski definition) is 0. The molecule has 1 unspecified atom stereocenters. The first-order chi connectivity index (χ1) is 11.9. The van der Waals surface area contributed by atoms with E-state index in [1.54, 1.807) is 10.9 Å². The number of benzene rings is 1. The average molecular weight is 336 g/mol. The van der Waals surface area contributed by atoms with Gasteiger partial charge in [0.25, 0.3) is 0 Å². The van der Waals surface area contributed by atoms with E-state index in [-0.39, 0.29) is 23.9 Å². The highest BCUT2D eigenvalue weighted by Crippen LogP contribution is 2.33. The van der Waals surface area contributed by atoms with E-state index in [0.29, 0.717) is 5.56 Å². The van der Waals surface area contributed by atoms with Gasteiger partial charge in [0.2, 0.25) is 5.91 Å². The van der Waals surface area contributed by atoms with E-state index < -0.39 is 0 Å². The Hall–Kier alpha value is -2.61. The van der Waals surface area contributed by atoms with Crippen LogP contribution in [0.2, 0.25) is 0 Å². The van der Waals surface area contributed by atoms with Crippen molar-refractivity contribution in [2.24, 2.45) is 0 Å². The van der Waals surface area contributed by atoms with E-state index in [9.17, 15) is 4.79 Å². The number of amides is 1. The van der Waals surface area contributed by atoms with Crippen LogP contribution >= 0.6 is 0 Å². The smallest absolute Gasteiger partial charge is 0.244 e. The molecule has 2 aromatic rings. The minimum absolute atomic E-state index is 0.0509. The summed E-state index contributed by atoms with van der Waals surface area (Å²) in [7, 11) is 0. The topological polar surface area (TPSA) is 61.9 Å². The first kappa shape index (κ1) is 17.2. The molecule has 1 aliphatic rings. The van der Waals surface area contributed by atoms with Gasteiger partial charge in [-0.25, -0.2) is 0 Å². The predicted molar refractivity (Wildman–Crippen MR) is 95.8 cm³/mol. The van der Waals surface area contributed by atoms with Gasteiger partial charge >= 0.3 is 0 Å². The second-order valence-corrected chi connectivity index (χ2v) is 7.66. The summed E-state index contributed by atoms with van der Waals surface area (Å²) in [6, 6.07) is 10.8. The van der Waals surface area contributed by atoms with E-state index in [0.717, 1.165) is 19.4 Å². The number of carbonyl (C=O) groups is 1. The molecule has 25 heavy (non-hydrogen) atoms. The first-order valence-electron chi connectivity index (χ1n) is 8.71. The third-order valence-corrected chi connectivity index (χ3v) is 4.79. The van der Waals surface area contributed by atoms with Crippen LogP contribution in [-0.2, 0) is 16.8 Å². The third kappa shape index (κ3) is 3.74. The van der Waals surface area contributed by atoms with Gasteiger partial charge in [0, 0.05) is 12.7 Å². The van der Waals surface area contributed by atoms with E-state index >= 15 is 0 Å². The van der Waals surface area contributed by atoms with Crippen LogP contribution in [0.3, 0.4) is 0 Å². The zero-order chi connectivity index (χ0) is 18.0. The number of carbonyl (C=O) groups excluding carboxylic acids is 1. The Morgan fingerprint density at radius 1 is 1.32 bits per heavy atom. The maximum absolute atomic E-state index is 12.7. The number of nitriles is 1. The Labute approximate surface area is 148 Å². The number of hydrogen-bond acceptors (Lipinski definition) is 3. The minimum Gasteiger partial charge on any atom is -0.334 e. The largest absolute Gasteiger partial charge is 0.334 e. The van der Waals surface area contributed by atoms with Crippen molar-refractivity contribution in [2.45, 2.75) is 51.6 Å². The molecule has 5 heteroatoms. The number of nitrogens with zero attached hydrogens (tertiary/aromatic N) is 4. The maximum atomic E-state index is 12.7. The fourth-order valence-corrected chi connectivity index (χ4v) is 3.35. The van der Waals surface area contributed by atoms with Crippen LogP contribution in [0.15, 0.2) is 36.7 Å². The average Bonchev–Trinajstić information content (AvgIpc) is 3.23. The lowest BCUT2D eigenvalue weighted by molar-refractivity contribution is -0.133. The van der Waals surface area contributed by atoms with Crippen LogP contribution < -0.4 is 0 Å². The molecule has 1 fully saturated rings. The van der Waals surface area contributed by atoms with Gasteiger partial charge in [-0.1, -0.05) is 45.0 Å². The molecule has 1 saturated heterocycles. The lowest BCUT2D eigenvalue weighted by Crippen LogP contribution is -2.33. The molecule has 1 atom stereocenters. The van der Waals surface area contributed by atoms with Crippen molar-refractivity contribution >= 4 is 5.91 Å². The van der Waals surface area contributed by atoms with Gasteiger partial charge in [0.05, 0.1) is 17.8 Å². The molecule has 1 aromatic carbocycles. The molecule has 0 N–H and O–H groups in total. The summed E-state index contributed by atoms with van der Waals surface area (Å²) in [6.07, 6.45) is 5.10. The number of rotatable bonds is 3. The van der Waals surface area contributed by atoms with E-state index in [2.05, 4.69) is 50.1 Å². The SMILES string of the molecule is CC(C)(C)c1ccc(C2CCCN2C(=O)Cn2cc(C#N)cn2)cc1. The normalized spacial score (nSPS) is 17.5. The molecule has 130 valence electrons. The highest BCUT2D eigenvalue weighted by atomic mass is 16.2. The van der Waals surface area contributed by atoms with Gasteiger partial charge in [-0.2, -0.15) is 10.4 Å². The van der Waals surface area contributed by atoms with Crippen molar-refractivity contribution in [2.75, 3.05) is 6.54 Å². The fraction of sp³-hybridized carbons (Fsp3) is 0.450. The summed E-state index contributed by atoms with van der Waals surface area (Å²) in [5, 5.41) is 12.9. The van der Waals surface area contributed by atoms with Crippen molar-refractivity contribution in [1.29, 1.82) is 5.26 Å². The molecule has 1 amide bonds. The van der Waals surface area contributed by atoms with Gasteiger partial charge in [-0.15, -0.1) is 0 Å². The van der Waals surface area contributed by atoms with Gasteiger partial charge in [0.15, 0.2) is 0 Å². The molecule has 0 saturated carbocycles. The van der Waals surface area contributed by atoms with Crippen LogP contribution in [0, 0.1) is 11.3 Å². The zero-order valence-electron chi connectivity index (χ0n) is 15.1. The van der Waals surface area contributed by atoms with Crippen LogP contribution in [-0.4, -0.2) is 27.1 Å². The van der Waals surface area contributed by atoms with E-state index in [1.165, 1.54) is 17.3 Å². The Balaban J connectivity index is 1.73. The zero-order valence-corrected chi connectivity index (χ0v) is 15.1. The molecule has 0 spiro atoms. The summed E-state index contributed by atoms with van der Waals surface area (Å²) < 4.78 is 1.54. The number of aromatic nitrogens is 2. The Kier molecular flexibility index (Phi) is 4.63.